The number of hydrazone groups is 1. The molecular formula is C18H11Cl2N3O4. The zero-order valence-electron chi connectivity index (χ0n) is 13.6. The molecule has 0 aliphatic heterocycles. The van der Waals surface area contributed by atoms with Crippen LogP contribution in [0.2, 0.25) is 10.0 Å². The molecule has 1 N–H and O–H groups in total. The number of benzene rings is 2. The second-order valence-corrected chi connectivity index (χ2v) is 6.24. The van der Waals surface area contributed by atoms with Crippen molar-refractivity contribution in [2.24, 2.45) is 5.10 Å². The van der Waals surface area contributed by atoms with Gasteiger partial charge in [-0.15, -0.1) is 0 Å². The van der Waals surface area contributed by atoms with Gasteiger partial charge in [-0.05, 0) is 42.5 Å². The van der Waals surface area contributed by atoms with Crippen molar-refractivity contribution in [2.75, 3.05) is 0 Å². The monoisotopic (exact) mass is 403 g/mol. The molecule has 0 aliphatic rings. The van der Waals surface area contributed by atoms with Crippen molar-refractivity contribution in [3.05, 3.63) is 86.1 Å². The Hall–Kier alpha value is -3.16. The molecule has 3 rings (SSSR count). The smallest absolute Gasteiger partial charge is 0.271 e. The van der Waals surface area contributed by atoms with Gasteiger partial charge in [0.1, 0.15) is 11.5 Å². The van der Waals surface area contributed by atoms with Gasteiger partial charge in [0, 0.05) is 33.3 Å². The Bertz CT molecular complexity index is 1010. The van der Waals surface area contributed by atoms with Gasteiger partial charge in [-0.25, -0.2) is 5.43 Å². The number of rotatable bonds is 5. The molecule has 0 bridgehead atoms. The SMILES string of the molecule is O=C(N/N=C\c1ccc(-c2cc(Cl)cc(Cl)c2)o1)c1ccc([N+](=O)[O-])cc1. The van der Waals surface area contributed by atoms with E-state index < -0.39 is 10.8 Å². The molecule has 0 aliphatic carbocycles. The molecule has 0 spiro atoms. The van der Waals surface area contributed by atoms with Gasteiger partial charge in [-0.3, -0.25) is 14.9 Å². The Kier molecular flexibility index (Phi) is 5.54. The molecule has 2 aromatic carbocycles. The normalized spacial score (nSPS) is 10.9. The van der Waals surface area contributed by atoms with E-state index in [4.69, 9.17) is 27.6 Å². The second kappa shape index (κ2) is 8.03. The van der Waals surface area contributed by atoms with Crippen LogP contribution in [0.5, 0.6) is 0 Å². The van der Waals surface area contributed by atoms with Gasteiger partial charge in [0.15, 0.2) is 0 Å². The lowest BCUT2D eigenvalue weighted by molar-refractivity contribution is -0.384. The van der Waals surface area contributed by atoms with Gasteiger partial charge in [-0.2, -0.15) is 5.10 Å². The number of hydrogen-bond acceptors (Lipinski definition) is 5. The van der Waals surface area contributed by atoms with E-state index in [2.05, 4.69) is 10.5 Å². The molecule has 0 radical (unpaired) electrons. The van der Waals surface area contributed by atoms with Crippen LogP contribution in [0.3, 0.4) is 0 Å². The van der Waals surface area contributed by atoms with Gasteiger partial charge in [-0.1, -0.05) is 23.2 Å². The number of halogens is 2. The highest BCUT2D eigenvalue weighted by Gasteiger charge is 2.09. The zero-order valence-corrected chi connectivity index (χ0v) is 15.1. The fraction of sp³-hybridized carbons (Fsp3) is 0. The van der Waals surface area contributed by atoms with E-state index in [1.807, 2.05) is 0 Å². The third kappa shape index (κ3) is 4.72. The van der Waals surface area contributed by atoms with Gasteiger partial charge in [0.05, 0.1) is 11.1 Å². The van der Waals surface area contributed by atoms with Crippen molar-refractivity contribution >= 4 is 41.0 Å². The van der Waals surface area contributed by atoms with Crippen molar-refractivity contribution in [2.45, 2.75) is 0 Å². The predicted octanol–water partition coefficient (Wildman–Crippen LogP) is 4.93. The Morgan fingerprint density at radius 3 is 2.37 bits per heavy atom. The summed E-state index contributed by atoms with van der Waals surface area (Å²) in [6.07, 6.45) is 1.33. The first-order chi connectivity index (χ1) is 12.9. The summed E-state index contributed by atoms with van der Waals surface area (Å²) in [5.74, 6) is 0.446. The third-order valence-corrected chi connectivity index (χ3v) is 3.91. The van der Waals surface area contributed by atoms with Crippen molar-refractivity contribution in [1.82, 2.24) is 5.43 Å². The minimum absolute atomic E-state index is 0.0979. The van der Waals surface area contributed by atoms with E-state index in [1.165, 1.54) is 30.5 Å². The largest absolute Gasteiger partial charge is 0.455 e. The maximum Gasteiger partial charge on any atom is 0.271 e. The van der Waals surface area contributed by atoms with Crippen LogP contribution in [-0.2, 0) is 0 Å². The molecule has 0 fully saturated rings. The number of hydrogen-bond donors (Lipinski definition) is 1. The van der Waals surface area contributed by atoms with Gasteiger partial charge in [0.25, 0.3) is 11.6 Å². The van der Waals surface area contributed by atoms with Crippen molar-refractivity contribution < 1.29 is 14.1 Å². The van der Waals surface area contributed by atoms with E-state index >= 15 is 0 Å². The number of nitrogens with one attached hydrogen (secondary N) is 1. The minimum Gasteiger partial charge on any atom is -0.455 e. The number of nitro groups is 1. The summed E-state index contributed by atoms with van der Waals surface area (Å²) in [7, 11) is 0. The van der Waals surface area contributed by atoms with Crippen LogP contribution in [0, 0.1) is 10.1 Å². The minimum atomic E-state index is -0.540. The molecule has 0 atom stereocenters. The highest BCUT2D eigenvalue weighted by Crippen LogP contribution is 2.28. The Morgan fingerprint density at radius 2 is 1.74 bits per heavy atom. The molecule has 0 unspecified atom stereocenters. The average molecular weight is 404 g/mol. The molecule has 0 saturated heterocycles. The number of nitro benzene ring substituents is 1. The molecular weight excluding hydrogens is 393 g/mol. The molecule has 3 aromatic rings. The summed E-state index contributed by atoms with van der Waals surface area (Å²) < 4.78 is 5.62. The number of furan rings is 1. The first-order valence-corrected chi connectivity index (χ1v) is 8.32. The summed E-state index contributed by atoms with van der Waals surface area (Å²) in [6.45, 7) is 0. The second-order valence-electron chi connectivity index (χ2n) is 5.36. The van der Waals surface area contributed by atoms with Crippen LogP contribution >= 0.6 is 23.2 Å². The van der Waals surface area contributed by atoms with E-state index in [0.717, 1.165) is 0 Å². The van der Waals surface area contributed by atoms with Crippen molar-refractivity contribution in [3.63, 3.8) is 0 Å². The van der Waals surface area contributed by atoms with Gasteiger partial charge < -0.3 is 4.42 Å². The highest BCUT2D eigenvalue weighted by molar-refractivity contribution is 6.35. The molecule has 136 valence electrons. The van der Waals surface area contributed by atoms with E-state index in [0.29, 0.717) is 27.1 Å². The number of carbonyl (C=O) groups excluding carboxylic acids is 1. The summed E-state index contributed by atoms with van der Waals surface area (Å²) in [6, 6.07) is 13.6. The van der Waals surface area contributed by atoms with Gasteiger partial charge in [0.2, 0.25) is 0 Å². The molecule has 7 nitrogen and oxygen atoms in total. The predicted molar refractivity (Wildman–Crippen MR) is 102 cm³/mol. The van der Waals surface area contributed by atoms with Gasteiger partial charge >= 0.3 is 0 Å². The number of carbonyl (C=O) groups is 1. The zero-order chi connectivity index (χ0) is 19.4. The number of non-ortho nitro benzene ring substituents is 1. The molecule has 1 heterocycles. The van der Waals surface area contributed by atoms with E-state index in [-0.39, 0.29) is 11.3 Å². The average Bonchev–Trinajstić information content (AvgIpc) is 3.10. The Balaban J connectivity index is 1.65. The van der Waals surface area contributed by atoms with E-state index in [9.17, 15) is 14.9 Å². The molecule has 0 saturated carbocycles. The Morgan fingerprint density at radius 1 is 1.07 bits per heavy atom. The lowest BCUT2D eigenvalue weighted by atomic mass is 10.2. The van der Waals surface area contributed by atoms with Crippen molar-refractivity contribution in [3.8, 4) is 11.3 Å². The maximum absolute atomic E-state index is 12.0. The molecule has 1 aromatic heterocycles. The summed E-state index contributed by atoms with van der Waals surface area (Å²) in [4.78, 5) is 22.0. The molecule has 9 heteroatoms. The van der Waals surface area contributed by atoms with Crippen LogP contribution < -0.4 is 5.43 Å². The third-order valence-electron chi connectivity index (χ3n) is 3.47. The lowest BCUT2D eigenvalue weighted by Crippen LogP contribution is -2.17. The molecule has 27 heavy (non-hydrogen) atoms. The molecule has 1 amide bonds. The fourth-order valence-electron chi connectivity index (χ4n) is 2.23. The number of amides is 1. The highest BCUT2D eigenvalue weighted by atomic mass is 35.5. The maximum atomic E-state index is 12.0. The topological polar surface area (TPSA) is 97.7 Å². The lowest BCUT2D eigenvalue weighted by Gasteiger charge is -2.00. The number of nitrogens with zero attached hydrogens (tertiary/aromatic N) is 2. The summed E-state index contributed by atoms with van der Waals surface area (Å²) in [5.41, 5.74) is 3.18. The first kappa shape index (κ1) is 18.6. The van der Waals surface area contributed by atoms with Crippen LogP contribution in [0.25, 0.3) is 11.3 Å². The van der Waals surface area contributed by atoms with Crippen LogP contribution in [0.4, 0.5) is 5.69 Å². The van der Waals surface area contributed by atoms with Crippen LogP contribution in [-0.4, -0.2) is 17.0 Å². The standard InChI is InChI=1S/C18H11Cl2N3O4/c19-13-7-12(8-14(20)9-13)17-6-5-16(27-17)10-21-22-18(24)11-1-3-15(4-2-11)23(25)26/h1-10H,(H,22,24)/b21-10-. The quantitative estimate of drug-likeness (QED) is 0.371. The van der Waals surface area contributed by atoms with Crippen molar-refractivity contribution in [1.29, 1.82) is 0 Å². The Labute approximate surface area is 163 Å². The fourth-order valence-corrected chi connectivity index (χ4v) is 2.75. The van der Waals surface area contributed by atoms with E-state index in [1.54, 1.807) is 30.3 Å². The van der Waals surface area contributed by atoms with Crippen LogP contribution in [0.1, 0.15) is 16.1 Å². The summed E-state index contributed by atoms with van der Waals surface area (Å²) in [5, 5.41) is 15.4. The summed E-state index contributed by atoms with van der Waals surface area (Å²) >= 11 is 11.9. The van der Waals surface area contributed by atoms with Crippen LogP contribution in [0.15, 0.2) is 64.1 Å². The first-order valence-electron chi connectivity index (χ1n) is 7.56.